The van der Waals surface area contributed by atoms with Crippen molar-refractivity contribution >= 4 is 27.6 Å². The van der Waals surface area contributed by atoms with Gasteiger partial charge in [0, 0.05) is 24.8 Å². The van der Waals surface area contributed by atoms with Gasteiger partial charge in [-0.2, -0.15) is 4.31 Å². The number of para-hydroxylation sites is 1. The van der Waals surface area contributed by atoms with Crippen LogP contribution in [0.15, 0.2) is 47.4 Å². The Balaban J connectivity index is 1.50. The summed E-state index contributed by atoms with van der Waals surface area (Å²) in [6.45, 7) is 2.50. The molecule has 2 heterocycles. The minimum Gasteiger partial charge on any atom is -0.495 e. The average molecular weight is 475 g/mol. The van der Waals surface area contributed by atoms with E-state index in [1.165, 1.54) is 29.6 Å². The SMILES string of the molecule is COc1ccc(C(=O)OCC(=O)N2c3ccccc3C[C@H]2C)cc1S(=O)(=O)N1CCOCC1. The molecule has 2 aromatic rings. The van der Waals surface area contributed by atoms with E-state index in [1.54, 1.807) is 4.90 Å². The van der Waals surface area contributed by atoms with Crippen molar-refractivity contribution in [2.24, 2.45) is 0 Å². The van der Waals surface area contributed by atoms with Gasteiger partial charge in [-0.3, -0.25) is 4.79 Å². The van der Waals surface area contributed by atoms with Gasteiger partial charge in [0.25, 0.3) is 5.91 Å². The van der Waals surface area contributed by atoms with Crippen LogP contribution in [0.2, 0.25) is 0 Å². The first kappa shape index (κ1) is 23.2. The summed E-state index contributed by atoms with van der Waals surface area (Å²) in [7, 11) is -2.54. The number of morpholine rings is 1. The molecule has 0 aromatic heterocycles. The summed E-state index contributed by atoms with van der Waals surface area (Å²) in [5.41, 5.74) is 1.90. The molecule has 4 rings (SSSR count). The van der Waals surface area contributed by atoms with E-state index in [0.29, 0.717) is 13.2 Å². The van der Waals surface area contributed by atoms with Crippen LogP contribution in [0, 0.1) is 0 Å². The predicted molar refractivity (Wildman–Crippen MR) is 120 cm³/mol. The van der Waals surface area contributed by atoms with E-state index in [0.717, 1.165) is 17.7 Å². The van der Waals surface area contributed by atoms with Gasteiger partial charge >= 0.3 is 5.97 Å². The van der Waals surface area contributed by atoms with E-state index in [1.807, 2.05) is 31.2 Å². The second-order valence-corrected chi connectivity index (χ2v) is 9.81. The maximum Gasteiger partial charge on any atom is 0.338 e. The lowest BCUT2D eigenvalue weighted by Crippen LogP contribution is -2.40. The van der Waals surface area contributed by atoms with Crippen molar-refractivity contribution in [1.29, 1.82) is 0 Å². The van der Waals surface area contributed by atoms with Crippen molar-refractivity contribution in [3.63, 3.8) is 0 Å². The third-order valence-electron chi connectivity index (χ3n) is 5.79. The predicted octanol–water partition coefficient (Wildman–Crippen LogP) is 1.85. The number of fused-ring (bicyclic) bond motifs is 1. The molecule has 0 N–H and O–H groups in total. The first-order chi connectivity index (χ1) is 15.8. The molecule has 0 bridgehead atoms. The Morgan fingerprint density at radius 1 is 1.12 bits per heavy atom. The number of rotatable bonds is 6. The van der Waals surface area contributed by atoms with Gasteiger partial charge in [0.2, 0.25) is 10.0 Å². The van der Waals surface area contributed by atoms with E-state index in [2.05, 4.69) is 0 Å². The zero-order valence-corrected chi connectivity index (χ0v) is 19.3. The van der Waals surface area contributed by atoms with Gasteiger partial charge in [-0.25, -0.2) is 13.2 Å². The Kier molecular flexibility index (Phi) is 6.68. The van der Waals surface area contributed by atoms with E-state index >= 15 is 0 Å². The van der Waals surface area contributed by atoms with Crippen molar-refractivity contribution in [2.45, 2.75) is 24.3 Å². The Labute approximate surface area is 192 Å². The van der Waals surface area contributed by atoms with Gasteiger partial charge < -0.3 is 19.1 Å². The highest BCUT2D eigenvalue weighted by molar-refractivity contribution is 7.89. The van der Waals surface area contributed by atoms with Gasteiger partial charge in [0.1, 0.15) is 10.6 Å². The molecule has 2 aromatic carbocycles. The molecule has 33 heavy (non-hydrogen) atoms. The Bertz CT molecular complexity index is 1160. The number of ether oxygens (including phenoxy) is 3. The topological polar surface area (TPSA) is 102 Å². The van der Waals surface area contributed by atoms with E-state index in [-0.39, 0.29) is 41.2 Å². The number of carbonyl (C=O) groups is 2. The molecule has 9 nitrogen and oxygen atoms in total. The minimum absolute atomic E-state index is 0.0188. The van der Waals surface area contributed by atoms with Crippen molar-refractivity contribution in [2.75, 3.05) is 44.9 Å². The number of benzene rings is 2. The molecule has 1 saturated heterocycles. The Morgan fingerprint density at radius 3 is 2.58 bits per heavy atom. The molecule has 176 valence electrons. The van der Waals surface area contributed by atoms with Gasteiger partial charge in [-0.05, 0) is 43.2 Å². The zero-order valence-electron chi connectivity index (χ0n) is 18.5. The number of carbonyl (C=O) groups excluding carboxylic acids is 2. The fourth-order valence-corrected chi connectivity index (χ4v) is 5.75. The first-order valence-corrected chi connectivity index (χ1v) is 12.1. The molecule has 0 unspecified atom stereocenters. The van der Waals surface area contributed by atoms with E-state index < -0.39 is 22.6 Å². The van der Waals surface area contributed by atoms with Crippen LogP contribution in [0.3, 0.4) is 0 Å². The van der Waals surface area contributed by atoms with Gasteiger partial charge in [0.15, 0.2) is 6.61 Å². The molecule has 0 spiro atoms. The number of methoxy groups -OCH3 is 1. The highest BCUT2D eigenvalue weighted by Gasteiger charge is 2.32. The molecule has 2 aliphatic rings. The third-order valence-corrected chi connectivity index (χ3v) is 7.71. The molecule has 1 fully saturated rings. The molecular weight excluding hydrogens is 448 g/mol. The van der Waals surface area contributed by atoms with Crippen LogP contribution in [0.5, 0.6) is 5.75 Å². The molecule has 10 heteroatoms. The number of sulfonamides is 1. The summed E-state index contributed by atoms with van der Waals surface area (Å²) >= 11 is 0. The zero-order chi connectivity index (χ0) is 23.6. The van der Waals surface area contributed by atoms with Crippen LogP contribution >= 0.6 is 0 Å². The summed E-state index contributed by atoms with van der Waals surface area (Å²) in [5, 5.41) is 0. The maximum absolute atomic E-state index is 13.1. The molecule has 0 aliphatic carbocycles. The number of hydrogen-bond donors (Lipinski definition) is 0. The highest BCUT2D eigenvalue weighted by Crippen LogP contribution is 2.32. The number of nitrogens with zero attached hydrogens (tertiary/aromatic N) is 2. The summed E-state index contributed by atoms with van der Waals surface area (Å²) in [6, 6.07) is 11.6. The standard InChI is InChI=1S/C23H26N2O7S/c1-16-13-17-5-3-4-6-19(17)25(16)22(26)15-32-23(27)18-7-8-20(30-2)21(14-18)33(28,29)24-9-11-31-12-10-24/h3-8,14,16H,9-13,15H2,1-2H3/t16-/m1/s1. The van der Waals surface area contributed by atoms with Crippen LogP contribution in [0.4, 0.5) is 5.69 Å². The van der Waals surface area contributed by atoms with Crippen LogP contribution in [0.1, 0.15) is 22.8 Å². The van der Waals surface area contributed by atoms with Crippen LogP contribution < -0.4 is 9.64 Å². The van der Waals surface area contributed by atoms with E-state index in [4.69, 9.17) is 14.2 Å². The summed E-state index contributed by atoms with van der Waals surface area (Å²) in [5.74, 6) is -1.00. The van der Waals surface area contributed by atoms with Gasteiger partial charge in [-0.1, -0.05) is 18.2 Å². The van der Waals surface area contributed by atoms with Gasteiger partial charge in [0.05, 0.1) is 25.9 Å². The van der Waals surface area contributed by atoms with Gasteiger partial charge in [-0.15, -0.1) is 0 Å². The number of amides is 1. The highest BCUT2D eigenvalue weighted by atomic mass is 32.2. The van der Waals surface area contributed by atoms with Crippen LogP contribution in [0.25, 0.3) is 0 Å². The molecule has 1 amide bonds. The summed E-state index contributed by atoms with van der Waals surface area (Å²) in [6.07, 6.45) is 0.733. The lowest BCUT2D eigenvalue weighted by atomic mass is 10.1. The molecule has 0 saturated carbocycles. The third kappa shape index (κ3) is 4.59. The smallest absolute Gasteiger partial charge is 0.338 e. The Hall–Kier alpha value is -2.95. The average Bonchev–Trinajstić information content (AvgIpc) is 3.18. The number of esters is 1. The second-order valence-electron chi connectivity index (χ2n) is 7.90. The monoisotopic (exact) mass is 474 g/mol. The molecule has 2 aliphatic heterocycles. The number of anilines is 1. The maximum atomic E-state index is 13.1. The fourth-order valence-electron chi connectivity index (χ4n) is 4.16. The quantitative estimate of drug-likeness (QED) is 0.589. The lowest BCUT2D eigenvalue weighted by Gasteiger charge is -2.26. The molecule has 0 radical (unpaired) electrons. The molecular formula is C23H26N2O7S. The van der Waals surface area contributed by atoms with Crippen molar-refractivity contribution < 1.29 is 32.2 Å². The summed E-state index contributed by atoms with van der Waals surface area (Å²) in [4.78, 5) is 27.0. The largest absolute Gasteiger partial charge is 0.495 e. The van der Waals surface area contributed by atoms with Crippen molar-refractivity contribution in [1.82, 2.24) is 4.31 Å². The van der Waals surface area contributed by atoms with Crippen LogP contribution in [-0.2, 0) is 30.7 Å². The van der Waals surface area contributed by atoms with E-state index in [9.17, 15) is 18.0 Å². The number of hydrogen-bond acceptors (Lipinski definition) is 7. The Morgan fingerprint density at radius 2 is 1.85 bits per heavy atom. The second kappa shape index (κ2) is 9.50. The first-order valence-electron chi connectivity index (χ1n) is 10.7. The normalized spacial score (nSPS) is 18.6. The van der Waals surface area contributed by atoms with Crippen molar-refractivity contribution in [3.8, 4) is 5.75 Å². The fraction of sp³-hybridized carbons (Fsp3) is 0.391. The molecule has 1 atom stereocenters. The minimum atomic E-state index is -3.90. The van der Waals surface area contributed by atoms with Crippen LogP contribution in [-0.4, -0.2) is 70.7 Å². The summed E-state index contributed by atoms with van der Waals surface area (Å²) < 4.78 is 43.2. The van der Waals surface area contributed by atoms with Crippen molar-refractivity contribution in [3.05, 3.63) is 53.6 Å². The lowest BCUT2D eigenvalue weighted by molar-refractivity contribution is -0.122.